The third kappa shape index (κ3) is 3.46. The lowest BCUT2D eigenvalue weighted by Crippen LogP contribution is -1.99. The number of nitrogens with zero attached hydrogens (tertiary/aromatic N) is 6. The molecule has 0 spiro atoms. The summed E-state index contributed by atoms with van der Waals surface area (Å²) in [5, 5.41) is 9.10. The van der Waals surface area contributed by atoms with Crippen LogP contribution in [-0.2, 0) is 0 Å². The number of imidazole rings is 1. The summed E-state index contributed by atoms with van der Waals surface area (Å²) in [6, 6.07) is 9.38. The van der Waals surface area contributed by atoms with E-state index in [1.54, 1.807) is 54.6 Å². The molecule has 4 heterocycles. The Labute approximate surface area is 157 Å². The van der Waals surface area contributed by atoms with E-state index in [0.717, 1.165) is 11.1 Å². The fourth-order valence-electron chi connectivity index (χ4n) is 2.58. The number of fused-ring (bicyclic) bond motifs is 1. The topological polar surface area (TPSA) is 89.0 Å². The van der Waals surface area contributed by atoms with Crippen molar-refractivity contribution in [3.05, 3.63) is 60.8 Å². The molecule has 0 aliphatic carbocycles. The van der Waals surface area contributed by atoms with E-state index < -0.39 is 0 Å². The summed E-state index contributed by atoms with van der Waals surface area (Å²) in [6.45, 7) is 4.00. The molecule has 0 saturated heterocycles. The minimum atomic E-state index is 0.449. The summed E-state index contributed by atoms with van der Waals surface area (Å²) < 4.78 is 7.22. The van der Waals surface area contributed by atoms with Gasteiger partial charge in [-0.2, -0.15) is 10.2 Å². The average Bonchev–Trinajstić information content (AvgIpc) is 3.18. The number of rotatable bonds is 3. The Hall–Kier alpha value is -3.79. The molecule has 7 nitrogen and oxygen atoms in total. The SMILES string of the molecule is CC.COc1nc(-c2cnc3ccc(C#N)cn23)ncc1-c1cccnc1. The van der Waals surface area contributed by atoms with Gasteiger partial charge in [0.05, 0.1) is 24.4 Å². The molecule has 0 aliphatic heterocycles. The summed E-state index contributed by atoms with van der Waals surface area (Å²) in [7, 11) is 1.56. The fourth-order valence-corrected chi connectivity index (χ4v) is 2.58. The van der Waals surface area contributed by atoms with Gasteiger partial charge in [0.15, 0.2) is 5.82 Å². The highest BCUT2D eigenvalue weighted by Gasteiger charge is 2.14. The predicted molar refractivity (Wildman–Crippen MR) is 102 cm³/mol. The van der Waals surface area contributed by atoms with E-state index in [1.165, 1.54) is 0 Å². The highest BCUT2D eigenvalue weighted by Crippen LogP contribution is 2.29. The zero-order valence-electron chi connectivity index (χ0n) is 15.3. The van der Waals surface area contributed by atoms with Gasteiger partial charge in [-0.3, -0.25) is 9.38 Å². The van der Waals surface area contributed by atoms with Gasteiger partial charge < -0.3 is 4.74 Å². The van der Waals surface area contributed by atoms with Crippen molar-refractivity contribution in [2.24, 2.45) is 0 Å². The second-order valence-corrected chi connectivity index (χ2v) is 5.26. The van der Waals surface area contributed by atoms with Crippen molar-refractivity contribution in [3.63, 3.8) is 0 Å². The molecule has 134 valence electrons. The largest absolute Gasteiger partial charge is 0.480 e. The van der Waals surface area contributed by atoms with Crippen LogP contribution in [0.3, 0.4) is 0 Å². The second kappa shape index (κ2) is 8.06. The number of ether oxygens (including phenoxy) is 1. The molecule has 4 aromatic rings. The number of hydrogen-bond acceptors (Lipinski definition) is 6. The van der Waals surface area contributed by atoms with Crippen molar-refractivity contribution < 1.29 is 4.74 Å². The third-order valence-corrected chi connectivity index (χ3v) is 3.78. The van der Waals surface area contributed by atoms with Gasteiger partial charge in [0.25, 0.3) is 0 Å². The van der Waals surface area contributed by atoms with Gasteiger partial charge in [0, 0.05) is 30.4 Å². The van der Waals surface area contributed by atoms with E-state index in [-0.39, 0.29) is 0 Å². The van der Waals surface area contributed by atoms with E-state index in [1.807, 2.05) is 26.0 Å². The first-order chi connectivity index (χ1) is 13.3. The molecular formula is C20H18N6O. The van der Waals surface area contributed by atoms with Gasteiger partial charge in [-0.15, -0.1) is 0 Å². The monoisotopic (exact) mass is 358 g/mol. The fraction of sp³-hybridized carbons (Fsp3) is 0.150. The Kier molecular flexibility index (Phi) is 5.38. The molecule has 0 amide bonds. The maximum absolute atomic E-state index is 9.10. The molecule has 0 radical (unpaired) electrons. The van der Waals surface area contributed by atoms with Crippen molar-refractivity contribution in [1.82, 2.24) is 24.3 Å². The van der Waals surface area contributed by atoms with Gasteiger partial charge in [0.2, 0.25) is 5.88 Å². The zero-order valence-corrected chi connectivity index (χ0v) is 15.3. The summed E-state index contributed by atoms with van der Waals surface area (Å²) in [4.78, 5) is 17.4. The van der Waals surface area contributed by atoms with E-state index in [0.29, 0.717) is 28.6 Å². The average molecular weight is 358 g/mol. The zero-order chi connectivity index (χ0) is 19.2. The van der Waals surface area contributed by atoms with Crippen LogP contribution < -0.4 is 4.74 Å². The molecule has 0 N–H and O–H groups in total. The Balaban J connectivity index is 0.00000102. The van der Waals surface area contributed by atoms with Crippen LogP contribution in [0.2, 0.25) is 0 Å². The first-order valence-corrected chi connectivity index (χ1v) is 8.49. The molecule has 0 saturated carbocycles. The van der Waals surface area contributed by atoms with E-state index in [9.17, 15) is 0 Å². The van der Waals surface area contributed by atoms with Crippen LogP contribution in [0, 0.1) is 11.3 Å². The number of nitriles is 1. The van der Waals surface area contributed by atoms with E-state index >= 15 is 0 Å². The van der Waals surface area contributed by atoms with Crippen LogP contribution in [-0.4, -0.2) is 31.4 Å². The van der Waals surface area contributed by atoms with Gasteiger partial charge in [0.1, 0.15) is 17.4 Å². The maximum atomic E-state index is 9.10. The van der Waals surface area contributed by atoms with Crippen molar-refractivity contribution in [1.29, 1.82) is 5.26 Å². The lowest BCUT2D eigenvalue weighted by Gasteiger charge is -2.08. The molecule has 4 aromatic heterocycles. The Morgan fingerprint density at radius 2 is 1.93 bits per heavy atom. The number of pyridine rings is 2. The van der Waals surface area contributed by atoms with Gasteiger partial charge in [-0.25, -0.2) is 9.97 Å². The Morgan fingerprint density at radius 3 is 2.63 bits per heavy atom. The van der Waals surface area contributed by atoms with Crippen LogP contribution in [0.15, 0.2) is 55.2 Å². The quantitative estimate of drug-likeness (QED) is 0.554. The Bertz CT molecular complexity index is 1100. The van der Waals surface area contributed by atoms with Gasteiger partial charge >= 0.3 is 0 Å². The molecule has 27 heavy (non-hydrogen) atoms. The second-order valence-electron chi connectivity index (χ2n) is 5.26. The van der Waals surface area contributed by atoms with Crippen LogP contribution in [0.25, 0.3) is 28.3 Å². The number of aromatic nitrogens is 5. The summed E-state index contributed by atoms with van der Waals surface area (Å²) >= 11 is 0. The van der Waals surface area contributed by atoms with E-state index in [4.69, 9.17) is 10.00 Å². The van der Waals surface area contributed by atoms with E-state index in [2.05, 4.69) is 26.0 Å². The molecule has 7 heteroatoms. The predicted octanol–water partition coefficient (Wildman–Crippen LogP) is 3.76. The van der Waals surface area contributed by atoms with Crippen molar-refractivity contribution >= 4 is 5.65 Å². The molecule has 4 rings (SSSR count). The summed E-state index contributed by atoms with van der Waals surface area (Å²) in [5.41, 5.74) is 3.56. The third-order valence-electron chi connectivity index (χ3n) is 3.78. The number of methoxy groups -OCH3 is 1. The molecule has 0 bridgehead atoms. The summed E-state index contributed by atoms with van der Waals surface area (Å²) in [5.74, 6) is 0.913. The van der Waals surface area contributed by atoms with Gasteiger partial charge in [-0.1, -0.05) is 19.9 Å². The minimum Gasteiger partial charge on any atom is -0.480 e. The van der Waals surface area contributed by atoms with Crippen LogP contribution >= 0.6 is 0 Å². The lowest BCUT2D eigenvalue weighted by molar-refractivity contribution is 0.399. The minimum absolute atomic E-state index is 0.449. The number of hydrogen-bond donors (Lipinski definition) is 0. The first kappa shape index (κ1) is 18.0. The van der Waals surface area contributed by atoms with Gasteiger partial charge in [-0.05, 0) is 18.2 Å². The maximum Gasteiger partial charge on any atom is 0.224 e. The highest BCUT2D eigenvalue weighted by molar-refractivity contribution is 5.69. The highest BCUT2D eigenvalue weighted by atomic mass is 16.5. The molecular weight excluding hydrogens is 340 g/mol. The van der Waals surface area contributed by atoms with Crippen molar-refractivity contribution in [2.45, 2.75) is 13.8 Å². The van der Waals surface area contributed by atoms with Crippen LogP contribution in [0.4, 0.5) is 0 Å². The van der Waals surface area contributed by atoms with Crippen LogP contribution in [0.5, 0.6) is 5.88 Å². The first-order valence-electron chi connectivity index (χ1n) is 8.49. The van der Waals surface area contributed by atoms with Crippen molar-refractivity contribution in [2.75, 3.05) is 7.11 Å². The lowest BCUT2D eigenvalue weighted by atomic mass is 10.1. The van der Waals surface area contributed by atoms with Crippen LogP contribution in [0.1, 0.15) is 19.4 Å². The van der Waals surface area contributed by atoms with Crippen molar-refractivity contribution in [3.8, 4) is 34.6 Å². The molecule has 0 unspecified atom stereocenters. The summed E-state index contributed by atoms with van der Waals surface area (Å²) in [6.07, 6.45) is 8.52. The smallest absolute Gasteiger partial charge is 0.224 e. The molecule has 0 atom stereocenters. The molecule has 0 fully saturated rings. The normalized spacial score (nSPS) is 10.0. The standard InChI is InChI=1S/C18H12N6O.C2H6/c1-25-18-14(13-3-2-6-20-8-13)9-22-17(23-18)15-10-21-16-5-4-12(7-19)11-24(15)16;1-2/h2-6,8-11H,1H3;1-2H3. The Morgan fingerprint density at radius 1 is 1.07 bits per heavy atom. The molecule has 0 aromatic carbocycles. The molecule has 0 aliphatic rings.